The molecule has 1 aromatic heterocycles. The Morgan fingerprint density at radius 2 is 1.85 bits per heavy atom. The second kappa shape index (κ2) is 10.4. The summed E-state index contributed by atoms with van der Waals surface area (Å²) in [4.78, 5) is 43.1. The molecule has 0 bridgehead atoms. The number of carbonyl (C=O) groups is 3. The molecule has 0 radical (unpaired) electrons. The van der Waals surface area contributed by atoms with Gasteiger partial charge in [-0.1, -0.05) is 29.8 Å². The van der Waals surface area contributed by atoms with Crippen molar-refractivity contribution in [2.75, 3.05) is 13.1 Å². The number of aromatic nitrogens is 2. The smallest absolute Gasteiger partial charge is 0.293 e. The number of carbonyl (C=O) groups excluding carboxylic acids is 3. The van der Waals surface area contributed by atoms with E-state index < -0.39 is 0 Å². The van der Waals surface area contributed by atoms with Crippen molar-refractivity contribution in [3.8, 4) is 5.75 Å². The number of hydrogen-bond donors (Lipinski definition) is 1. The third-order valence-electron chi connectivity index (χ3n) is 5.28. The summed E-state index contributed by atoms with van der Waals surface area (Å²) in [6, 6.07) is 14.4. The van der Waals surface area contributed by atoms with Crippen LogP contribution >= 0.6 is 11.8 Å². The largest absolute Gasteiger partial charge is 0.486 e. The van der Waals surface area contributed by atoms with Crippen LogP contribution in [0.2, 0.25) is 0 Å². The minimum Gasteiger partial charge on any atom is -0.486 e. The molecule has 9 heteroatoms. The zero-order chi connectivity index (χ0) is 24.1. The normalized spacial score (nSPS) is 14.6. The molecule has 34 heavy (non-hydrogen) atoms. The summed E-state index contributed by atoms with van der Waals surface area (Å²) in [5.74, 6) is 0.775. The summed E-state index contributed by atoms with van der Waals surface area (Å²) < 4.78 is 7.56. The zero-order valence-electron chi connectivity index (χ0n) is 18.9. The van der Waals surface area contributed by atoms with E-state index in [1.54, 1.807) is 36.5 Å². The van der Waals surface area contributed by atoms with E-state index in [1.165, 1.54) is 0 Å². The summed E-state index contributed by atoms with van der Waals surface area (Å²) in [5.41, 5.74) is 2.43. The molecular formula is C25H24N4O4S. The van der Waals surface area contributed by atoms with Gasteiger partial charge in [-0.25, -0.2) is 4.98 Å². The van der Waals surface area contributed by atoms with Crippen molar-refractivity contribution < 1.29 is 19.1 Å². The SMILES string of the molecule is Cc1ccc(C=C2SC(=O)N(CCNC(=O)c3ccc(OCc4nccn4C)cc3)C2=O)cc1. The average molecular weight is 477 g/mol. The monoisotopic (exact) mass is 476 g/mol. The van der Waals surface area contributed by atoms with E-state index in [4.69, 9.17) is 4.74 Å². The Morgan fingerprint density at radius 1 is 1.12 bits per heavy atom. The molecule has 0 spiro atoms. The summed E-state index contributed by atoms with van der Waals surface area (Å²) >= 11 is 0.908. The van der Waals surface area contributed by atoms with Gasteiger partial charge in [-0.05, 0) is 54.6 Å². The number of rotatable bonds is 8. The highest BCUT2D eigenvalue weighted by molar-refractivity contribution is 8.18. The van der Waals surface area contributed by atoms with E-state index in [9.17, 15) is 14.4 Å². The molecule has 4 rings (SSSR count). The van der Waals surface area contributed by atoms with Crippen molar-refractivity contribution in [2.24, 2.45) is 7.05 Å². The first-order valence-corrected chi connectivity index (χ1v) is 11.5. The Hall–Kier alpha value is -3.85. The fraction of sp³-hybridized carbons (Fsp3) is 0.200. The lowest BCUT2D eigenvalue weighted by Crippen LogP contribution is -2.37. The Kier molecular flexibility index (Phi) is 7.12. The summed E-state index contributed by atoms with van der Waals surface area (Å²) in [6.07, 6.45) is 5.25. The van der Waals surface area contributed by atoms with Crippen molar-refractivity contribution in [1.82, 2.24) is 19.8 Å². The van der Waals surface area contributed by atoms with Crippen molar-refractivity contribution in [1.29, 1.82) is 0 Å². The summed E-state index contributed by atoms with van der Waals surface area (Å²) in [5, 5.41) is 2.41. The van der Waals surface area contributed by atoms with Gasteiger partial charge in [0.2, 0.25) is 0 Å². The van der Waals surface area contributed by atoms with Gasteiger partial charge in [0.15, 0.2) is 0 Å². The lowest BCUT2D eigenvalue weighted by Gasteiger charge is -2.13. The topological polar surface area (TPSA) is 93.5 Å². The maximum absolute atomic E-state index is 12.6. The summed E-state index contributed by atoms with van der Waals surface area (Å²) in [7, 11) is 1.89. The zero-order valence-corrected chi connectivity index (χ0v) is 19.7. The van der Waals surface area contributed by atoms with Gasteiger partial charge >= 0.3 is 0 Å². The second-order valence-corrected chi connectivity index (χ2v) is 8.76. The standard InChI is InChI=1S/C25H24N4O4S/c1-17-3-5-18(6-4-17)15-21-24(31)29(25(32)34-21)14-12-27-23(30)19-7-9-20(10-8-19)33-16-22-26-11-13-28(22)2/h3-11,13,15H,12,14,16H2,1-2H3,(H,27,30). The van der Waals surface area contributed by atoms with E-state index in [0.717, 1.165) is 33.6 Å². The summed E-state index contributed by atoms with van der Waals surface area (Å²) in [6.45, 7) is 2.57. The number of imidazole rings is 1. The van der Waals surface area contributed by atoms with Crippen LogP contribution in [0.5, 0.6) is 5.75 Å². The third-order valence-corrected chi connectivity index (χ3v) is 6.18. The number of benzene rings is 2. The molecule has 0 aliphatic carbocycles. The Labute approximate surface area is 201 Å². The lowest BCUT2D eigenvalue weighted by atomic mass is 10.1. The minimum absolute atomic E-state index is 0.104. The molecule has 0 saturated carbocycles. The van der Waals surface area contributed by atoms with Crippen LogP contribution in [0.1, 0.15) is 27.3 Å². The molecule has 1 saturated heterocycles. The maximum Gasteiger partial charge on any atom is 0.293 e. The average Bonchev–Trinajstić information content (AvgIpc) is 3.36. The first-order valence-electron chi connectivity index (χ1n) is 10.7. The van der Waals surface area contributed by atoms with Crippen molar-refractivity contribution in [2.45, 2.75) is 13.5 Å². The van der Waals surface area contributed by atoms with Crippen LogP contribution in [0.4, 0.5) is 4.79 Å². The molecule has 174 valence electrons. The molecule has 0 atom stereocenters. The van der Waals surface area contributed by atoms with E-state index >= 15 is 0 Å². The highest BCUT2D eigenvalue weighted by atomic mass is 32.2. The van der Waals surface area contributed by atoms with E-state index in [-0.39, 0.29) is 30.1 Å². The first-order chi connectivity index (χ1) is 16.4. The number of aryl methyl sites for hydroxylation is 2. The Morgan fingerprint density at radius 3 is 2.53 bits per heavy atom. The van der Waals surface area contributed by atoms with E-state index in [1.807, 2.05) is 49.0 Å². The van der Waals surface area contributed by atoms with Crippen LogP contribution in [0.15, 0.2) is 65.8 Å². The van der Waals surface area contributed by atoms with Gasteiger partial charge in [0.1, 0.15) is 18.2 Å². The number of amides is 3. The highest BCUT2D eigenvalue weighted by Gasteiger charge is 2.34. The van der Waals surface area contributed by atoms with Crippen LogP contribution in [0, 0.1) is 6.92 Å². The third kappa shape index (κ3) is 5.55. The molecule has 1 fully saturated rings. The van der Waals surface area contributed by atoms with Gasteiger partial charge in [0.05, 0.1) is 4.91 Å². The number of thioether (sulfide) groups is 1. The van der Waals surface area contributed by atoms with E-state index in [0.29, 0.717) is 22.8 Å². The fourth-order valence-corrected chi connectivity index (χ4v) is 4.14. The first kappa shape index (κ1) is 23.3. The van der Waals surface area contributed by atoms with Crippen LogP contribution < -0.4 is 10.1 Å². The molecule has 3 amide bonds. The van der Waals surface area contributed by atoms with Gasteiger partial charge in [-0.3, -0.25) is 19.3 Å². The number of imide groups is 1. The highest BCUT2D eigenvalue weighted by Crippen LogP contribution is 2.31. The predicted octanol–water partition coefficient (Wildman–Crippen LogP) is 3.77. The lowest BCUT2D eigenvalue weighted by molar-refractivity contribution is -0.122. The number of hydrogen-bond acceptors (Lipinski definition) is 6. The Bertz CT molecular complexity index is 1230. The number of nitrogens with one attached hydrogen (secondary N) is 1. The van der Waals surface area contributed by atoms with Gasteiger partial charge < -0.3 is 14.6 Å². The van der Waals surface area contributed by atoms with E-state index in [2.05, 4.69) is 10.3 Å². The molecule has 2 heterocycles. The van der Waals surface area contributed by atoms with Gasteiger partial charge in [0, 0.05) is 38.1 Å². The molecule has 2 aromatic carbocycles. The van der Waals surface area contributed by atoms with Crippen LogP contribution in [-0.4, -0.2) is 44.6 Å². The second-order valence-electron chi connectivity index (χ2n) is 7.77. The molecule has 3 aromatic rings. The van der Waals surface area contributed by atoms with Gasteiger partial charge in [-0.2, -0.15) is 0 Å². The van der Waals surface area contributed by atoms with Gasteiger partial charge in [-0.15, -0.1) is 0 Å². The van der Waals surface area contributed by atoms with Crippen LogP contribution in [-0.2, 0) is 18.4 Å². The number of nitrogens with zero attached hydrogens (tertiary/aromatic N) is 3. The minimum atomic E-state index is -0.348. The van der Waals surface area contributed by atoms with Crippen molar-refractivity contribution >= 4 is 34.9 Å². The molecule has 0 unspecified atom stereocenters. The fourth-order valence-electron chi connectivity index (χ4n) is 3.28. The predicted molar refractivity (Wildman–Crippen MR) is 130 cm³/mol. The van der Waals surface area contributed by atoms with Gasteiger partial charge in [0.25, 0.3) is 17.1 Å². The molecular weight excluding hydrogens is 452 g/mol. The maximum atomic E-state index is 12.6. The molecule has 1 aliphatic rings. The quantitative estimate of drug-likeness (QED) is 0.498. The van der Waals surface area contributed by atoms with Crippen LogP contribution in [0.25, 0.3) is 6.08 Å². The molecule has 1 aliphatic heterocycles. The van der Waals surface area contributed by atoms with Crippen molar-refractivity contribution in [3.05, 3.63) is 88.3 Å². The Balaban J connectivity index is 1.27. The number of ether oxygens (including phenoxy) is 1. The molecule has 1 N–H and O–H groups in total. The van der Waals surface area contributed by atoms with Crippen molar-refractivity contribution in [3.63, 3.8) is 0 Å². The van der Waals surface area contributed by atoms with Crippen LogP contribution in [0.3, 0.4) is 0 Å². The molecule has 8 nitrogen and oxygen atoms in total.